The molecule has 15 nitrogen and oxygen atoms in total. The van der Waals surface area contributed by atoms with Crippen LogP contribution in [0, 0.1) is 22.7 Å². The maximum Gasteiger partial charge on any atom is 0.348 e. The fraction of sp³-hybridized carbons (Fsp3) is 0.667. The van der Waals surface area contributed by atoms with Crippen LogP contribution in [-0.4, -0.2) is 119 Å². The number of cyclic esters (lactones) is 1. The average Bonchev–Trinajstić information content (AvgIpc) is 4.05. The highest BCUT2D eigenvalue weighted by Crippen LogP contribution is 2.64. The molecule has 54 heavy (non-hydrogen) atoms. The van der Waals surface area contributed by atoms with Crippen LogP contribution >= 0.6 is 0 Å². The molecule has 8 aliphatic rings. The normalized spacial score (nSPS) is 36.2. The van der Waals surface area contributed by atoms with Crippen LogP contribution in [0.3, 0.4) is 0 Å². The molecule has 290 valence electrons. The van der Waals surface area contributed by atoms with Gasteiger partial charge in [0, 0.05) is 42.8 Å². The van der Waals surface area contributed by atoms with Crippen molar-refractivity contribution in [2.75, 3.05) is 26.3 Å². The monoisotopic (exact) mass is 749 g/mol. The number of carbonyl (C=O) groups excluding carboxylic acids is 5. The van der Waals surface area contributed by atoms with E-state index in [1.54, 1.807) is 37.0 Å². The molecule has 2 amide bonds. The number of ether oxygens (including phenoxy) is 5. The predicted molar refractivity (Wildman–Crippen MR) is 184 cm³/mol. The van der Waals surface area contributed by atoms with Gasteiger partial charge in [-0.25, -0.2) is 9.59 Å². The van der Waals surface area contributed by atoms with Gasteiger partial charge in [0.25, 0.3) is 0 Å². The van der Waals surface area contributed by atoms with Crippen molar-refractivity contribution in [3.05, 3.63) is 41.5 Å². The maximum atomic E-state index is 15.2. The Labute approximate surface area is 312 Å². The first-order valence-corrected chi connectivity index (χ1v) is 19.3. The van der Waals surface area contributed by atoms with Crippen LogP contribution in [0.1, 0.15) is 69.9 Å². The van der Waals surface area contributed by atoms with Gasteiger partial charge in [0.15, 0.2) is 11.8 Å². The Balaban J connectivity index is 1.01. The summed E-state index contributed by atoms with van der Waals surface area (Å²) in [7, 11) is 0. The second kappa shape index (κ2) is 13.1. The second-order valence-corrected chi connectivity index (χ2v) is 16.8. The highest BCUT2D eigenvalue weighted by molar-refractivity contribution is 5.96. The lowest BCUT2D eigenvalue weighted by Crippen LogP contribution is -2.70. The Morgan fingerprint density at radius 3 is 2.50 bits per heavy atom. The highest BCUT2D eigenvalue weighted by atomic mass is 16.8. The minimum Gasteiger partial charge on any atom is -0.462 e. The van der Waals surface area contributed by atoms with Crippen LogP contribution in [-0.2, 0) is 59.0 Å². The van der Waals surface area contributed by atoms with Gasteiger partial charge < -0.3 is 39.0 Å². The molecule has 5 heterocycles. The van der Waals surface area contributed by atoms with Crippen molar-refractivity contribution in [2.24, 2.45) is 22.7 Å². The number of fused-ring (bicyclic) bond motifs is 4. The first-order valence-electron chi connectivity index (χ1n) is 19.3. The van der Waals surface area contributed by atoms with E-state index in [0.29, 0.717) is 24.9 Å². The molecule has 1 aromatic carbocycles. The van der Waals surface area contributed by atoms with Crippen LogP contribution in [0.25, 0.3) is 6.08 Å². The SMILES string of the molecule is CC1(C)COC(=O)C1OC(=O)C=Cc1cccc(CN2OC3C4OC(C5CC5)(C5CC5)OC4C4CC3(C(=O)N3CCCC3C(=O)NCCO)C2C(=O)O4)c1. The van der Waals surface area contributed by atoms with Crippen LogP contribution < -0.4 is 5.32 Å². The zero-order valence-electron chi connectivity index (χ0n) is 30.5. The Morgan fingerprint density at radius 2 is 1.80 bits per heavy atom. The van der Waals surface area contributed by atoms with Crippen LogP contribution in [0.4, 0.5) is 0 Å². The fourth-order valence-corrected chi connectivity index (χ4v) is 9.72. The largest absolute Gasteiger partial charge is 0.462 e. The fourth-order valence-electron chi connectivity index (χ4n) is 9.72. The lowest BCUT2D eigenvalue weighted by Gasteiger charge is -2.50. The van der Waals surface area contributed by atoms with E-state index in [1.807, 2.05) is 12.1 Å². The molecular weight excluding hydrogens is 702 g/mol. The summed E-state index contributed by atoms with van der Waals surface area (Å²) in [5.41, 5.74) is -0.660. The predicted octanol–water partition coefficient (Wildman–Crippen LogP) is 1.39. The number of aliphatic hydroxyl groups excluding tert-OH is 1. The second-order valence-electron chi connectivity index (χ2n) is 16.8. The van der Waals surface area contributed by atoms with E-state index in [0.717, 1.165) is 31.2 Å². The van der Waals surface area contributed by atoms with E-state index in [1.165, 1.54) is 11.1 Å². The van der Waals surface area contributed by atoms with Gasteiger partial charge in [0.2, 0.25) is 17.9 Å². The summed E-state index contributed by atoms with van der Waals surface area (Å²) in [6.45, 7) is 4.03. The zero-order chi connectivity index (χ0) is 37.6. The summed E-state index contributed by atoms with van der Waals surface area (Å²) in [6.07, 6.45) is 4.11. The molecule has 8 atom stereocenters. The number of nitrogens with one attached hydrogen (secondary N) is 1. The molecule has 3 aliphatic carbocycles. The third-order valence-corrected chi connectivity index (χ3v) is 12.6. The highest BCUT2D eigenvalue weighted by Gasteiger charge is 2.78. The standard InChI is InChI=1S/C39H47N3O12/c1-37(2)20-49-35(47)32(37)51-27(44)13-8-21-5-3-6-22(17-21)19-42-30-34(46)50-26-18-38(30,36(48)41-15-4-7-25(41)33(45)40-14-16-43)31(54-42)29-28(26)52-39(53-29,23-9-10-23)24-11-12-24/h3,5-6,8,13,17,23-26,28-32,43H,4,7,9-12,14-16,18-20H2,1-2H3,(H,40,45). The lowest BCUT2D eigenvalue weighted by molar-refractivity contribution is -0.235. The van der Waals surface area contributed by atoms with E-state index in [-0.39, 0.29) is 56.4 Å². The summed E-state index contributed by atoms with van der Waals surface area (Å²) in [6, 6.07) is 5.42. The molecule has 8 fully saturated rings. The molecule has 9 rings (SSSR count). The van der Waals surface area contributed by atoms with Crippen molar-refractivity contribution < 1.29 is 57.6 Å². The Morgan fingerprint density at radius 1 is 1.04 bits per heavy atom. The van der Waals surface area contributed by atoms with Crippen molar-refractivity contribution in [2.45, 2.75) is 114 Å². The van der Waals surface area contributed by atoms with E-state index < -0.39 is 77.1 Å². The van der Waals surface area contributed by atoms with Gasteiger partial charge in [-0.15, -0.1) is 0 Å². The van der Waals surface area contributed by atoms with E-state index in [4.69, 9.17) is 28.5 Å². The number of esters is 3. The molecular formula is C39H47N3O12. The molecule has 2 bridgehead atoms. The Kier molecular flexibility index (Phi) is 8.69. The number of nitrogens with zero attached hydrogens (tertiary/aromatic N) is 2. The number of rotatable bonds is 11. The van der Waals surface area contributed by atoms with Crippen LogP contribution in [0.5, 0.6) is 0 Å². The van der Waals surface area contributed by atoms with Crippen molar-refractivity contribution >= 4 is 35.8 Å². The molecule has 1 aromatic rings. The van der Waals surface area contributed by atoms with E-state index in [2.05, 4.69) is 5.32 Å². The smallest absolute Gasteiger partial charge is 0.348 e. The number of aliphatic hydroxyl groups is 1. The lowest BCUT2D eigenvalue weighted by atomic mass is 9.62. The van der Waals surface area contributed by atoms with E-state index in [9.17, 15) is 24.3 Å². The van der Waals surface area contributed by atoms with Crippen molar-refractivity contribution in [1.29, 1.82) is 0 Å². The molecule has 5 aliphatic heterocycles. The third-order valence-electron chi connectivity index (χ3n) is 12.6. The van der Waals surface area contributed by atoms with Gasteiger partial charge in [0.1, 0.15) is 42.5 Å². The average molecular weight is 750 g/mol. The molecule has 3 saturated carbocycles. The number of amides is 2. The number of hydroxylamine groups is 2. The molecule has 5 saturated heterocycles. The topological polar surface area (TPSA) is 179 Å². The summed E-state index contributed by atoms with van der Waals surface area (Å²) in [5.74, 6) is -2.87. The molecule has 0 spiro atoms. The number of likely N-dealkylation sites (tertiary alicyclic amines) is 1. The van der Waals surface area contributed by atoms with Gasteiger partial charge in [0.05, 0.1) is 13.2 Å². The van der Waals surface area contributed by atoms with Gasteiger partial charge in [-0.05, 0) is 55.7 Å². The molecule has 2 N–H and O–H groups in total. The summed E-state index contributed by atoms with van der Waals surface area (Å²) < 4.78 is 30.5. The Bertz CT molecular complexity index is 1760. The van der Waals surface area contributed by atoms with Gasteiger partial charge in [-0.3, -0.25) is 19.2 Å². The maximum absolute atomic E-state index is 15.2. The summed E-state index contributed by atoms with van der Waals surface area (Å²) in [4.78, 5) is 75.8. The van der Waals surface area contributed by atoms with Gasteiger partial charge in [-0.1, -0.05) is 38.1 Å². The number of hydrogen-bond acceptors (Lipinski definition) is 13. The minimum atomic E-state index is -1.41. The van der Waals surface area contributed by atoms with E-state index >= 15 is 4.79 Å². The van der Waals surface area contributed by atoms with Crippen LogP contribution in [0.2, 0.25) is 0 Å². The zero-order valence-corrected chi connectivity index (χ0v) is 30.5. The number of carbonyl (C=O) groups is 5. The van der Waals surface area contributed by atoms with Crippen molar-refractivity contribution in [3.63, 3.8) is 0 Å². The third kappa shape index (κ3) is 5.76. The Hall–Kier alpha value is -3.89. The molecule has 0 radical (unpaired) electrons. The van der Waals surface area contributed by atoms with Crippen molar-refractivity contribution in [1.82, 2.24) is 15.3 Å². The summed E-state index contributed by atoms with van der Waals surface area (Å²) in [5, 5.41) is 13.6. The number of benzene rings is 1. The van der Waals surface area contributed by atoms with Gasteiger partial charge >= 0.3 is 17.9 Å². The number of hydrogen-bond donors (Lipinski definition) is 2. The molecule has 8 unspecified atom stereocenters. The first kappa shape index (κ1) is 35.8. The molecule has 0 aromatic heterocycles. The van der Waals surface area contributed by atoms with Gasteiger partial charge in [-0.2, -0.15) is 5.06 Å². The van der Waals surface area contributed by atoms with Crippen LogP contribution in [0.15, 0.2) is 30.3 Å². The van der Waals surface area contributed by atoms with Crippen molar-refractivity contribution in [3.8, 4) is 0 Å². The summed E-state index contributed by atoms with van der Waals surface area (Å²) >= 11 is 0. The minimum absolute atomic E-state index is 0.0706. The first-order chi connectivity index (χ1) is 25.9. The molecule has 15 heteroatoms. The quantitative estimate of drug-likeness (QED) is 0.189.